The summed E-state index contributed by atoms with van der Waals surface area (Å²) in [7, 11) is 1.60. The summed E-state index contributed by atoms with van der Waals surface area (Å²) in [5.41, 5.74) is 1.34. The molecule has 208 valence electrons. The van der Waals surface area contributed by atoms with Gasteiger partial charge in [-0.25, -0.2) is 0 Å². The SMILES string of the molecule is CCOC(=N)c1ccc(OCCCCCOc2ccc(C(=O)N(C(C)C)C3CCCCC3)c(OC)c2)cc1. The third-order valence-electron chi connectivity index (χ3n) is 6.89. The van der Waals surface area contributed by atoms with Gasteiger partial charge in [0.15, 0.2) is 0 Å². The Balaban J connectivity index is 1.42. The molecule has 1 aliphatic carbocycles. The third kappa shape index (κ3) is 8.40. The molecular weight excluding hydrogens is 480 g/mol. The zero-order valence-corrected chi connectivity index (χ0v) is 23.5. The largest absolute Gasteiger partial charge is 0.496 e. The van der Waals surface area contributed by atoms with Crippen molar-refractivity contribution in [1.82, 2.24) is 4.90 Å². The summed E-state index contributed by atoms with van der Waals surface area (Å²) in [5, 5.41) is 7.82. The number of nitrogens with one attached hydrogen (secondary N) is 1. The van der Waals surface area contributed by atoms with Crippen molar-refractivity contribution in [3.05, 3.63) is 53.6 Å². The molecule has 38 heavy (non-hydrogen) atoms. The predicted octanol–water partition coefficient (Wildman–Crippen LogP) is 6.87. The minimum Gasteiger partial charge on any atom is -0.496 e. The van der Waals surface area contributed by atoms with Gasteiger partial charge in [-0.15, -0.1) is 0 Å². The maximum atomic E-state index is 13.5. The quantitative estimate of drug-likeness (QED) is 0.166. The molecule has 0 bridgehead atoms. The Hall–Kier alpha value is -3.22. The lowest BCUT2D eigenvalue weighted by Gasteiger charge is -2.37. The zero-order chi connectivity index (χ0) is 27.3. The Labute approximate surface area is 227 Å². The second-order valence-corrected chi connectivity index (χ2v) is 10.0. The fourth-order valence-electron chi connectivity index (χ4n) is 4.95. The van der Waals surface area contributed by atoms with E-state index in [1.165, 1.54) is 19.3 Å². The highest BCUT2D eigenvalue weighted by molar-refractivity contribution is 5.97. The molecule has 0 heterocycles. The Bertz CT molecular complexity index is 1020. The van der Waals surface area contributed by atoms with Crippen molar-refractivity contribution >= 4 is 11.8 Å². The molecule has 0 saturated heterocycles. The molecule has 0 radical (unpaired) electrons. The van der Waals surface area contributed by atoms with Crippen molar-refractivity contribution in [2.45, 2.75) is 84.2 Å². The fraction of sp³-hybridized carbons (Fsp3) is 0.548. The monoisotopic (exact) mass is 524 g/mol. The molecule has 1 saturated carbocycles. The van der Waals surface area contributed by atoms with E-state index in [9.17, 15) is 4.79 Å². The van der Waals surface area contributed by atoms with Gasteiger partial charge in [0.1, 0.15) is 17.2 Å². The summed E-state index contributed by atoms with van der Waals surface area (Å²) in [6, 6.07) is 13.4. The number of hydrogen-bond donors (Lipinski definition) is 1. The van der Waals surface area contributed by atoms with Gasteiger partial charge in [0.2, 0.25) is 5.90 Å². The van der Waals surface area contributed by atoms with Gasteiger partial charge in [0, 0.05) is 23.7 Å². The number of unbranched alkanes of at least 4 members (excludes halogenated alkanes) is 2. The number of carbonyl (C=O) groups excluding carboxylic acids is 1. The van der Waals surface area contributed by atoms with Crippen LogP contribution in [-0.4, -0.2) is 55.7 Å². The highest BCUT2D eigenvalue weighted by Crippen LogP contribution is 2.30. The van der Waals surface area contributed by atoms with Gasteiger partial charge >= 0.3 is 0 Å². The molecule has 7 heteroatoms. The van der Waals surface area contributed by atoms with E-state index in [4.69, 9.17) is 24.4 Å². The van der Waals surface area contributed by atoms with E-state index < -0.39 is 0 Å². The minimum atomic E-state index is 0.0394. The number of benzene rings is 2. The van der Waals surface area contributed by atoms with Crippen molar-refractivity contribution in [3.8, 4) is 17.2 Å². The number of ether oxygens (including phenoxy) is 4. The molecule has 3 rings (SSSR count). The molecule has 1 fully saturated rings. The smallest absolute Gasteiger partial charge is 0.258 e. The highest BCUT2D eigenvalue weighted by atomic mass is 16.5. The predicted molar refractivity (Wildman–Crippen MR) is 151 cm³/mol. The maximum absolute atomic E-state index is 13.5. The van der Waals surface area contributed by atoms with E-state index in [1.54, 1.807) is 7.11 Å². The van der Waals surface area contributed by atoms with Crippen molar-refractivity contribution in [3.63, 3.8) is 0 Å². The molecule has 0 unspecified atom stereocenters. The van der Waals surface area contributed by atoms with Crippen LogP contribution in [-0.2, 0) is 4.74 Å². The van der Waals surface area contributed by atoms with E-state index in [0.29, 0.717) is 42.9 Å². The van der Waals surface area contributed by atoms with Crippen LogP contribution in [0.1, 0.15) is 88.1 Å². The highest BCUT2D eigenvalue weighted by Gasteiger charge is 2.30. The van der Waals surface area contributed by atoms with Gasteiger partial charge in [-0.1, -0.05) is 19.3 Å². The summed E-state index contributed by atoms with van der Waals surface area (Å²) in [5.74, 6) is 2.27. The molecule has 7 nitrogen and oxygen atoms in total. The Kier molecular flexibility index (Phi) is 11.8. The number of rotatable bonds is 14. The minimum absolute atomic E-state index is 0.0394. The number of hydrogen-bond acceptors (Lipinski definition) is 6. The van der Waals surface area contributed by atoms with Crippen LogP contribution in [0.4, 0.5) is 0 Å². The molecule has 0 atom stereocenters. The summed E-state index contributed by atoms with van der Waals surface area (Å²) < 4.78 is 22.6. The third-order valence-corrected chi connectivity index (χ3v) is 6.89. The van der Waals surface area contributed by atoms with Gasteiger partial charge < -0.3 is 23.8 Å². The van der Waals surface area contributed by atoms with Crippen LogP contribution in [0.25, 0.3) is 0 Å². The lowest BCUT2D eigenvalue weighted by molar-refractivity contribution is 0.0552. The number of carbonyl (C=O) groups is 1. The van der Waals surface area contributed by atoms with Crippen LogP contribution in [0.2, 0.25) is 0 Å². The molecular formula is C31H44N2O5. The molecule has 2 aromatic rings. The Morgan fingerprint density at radius 1 is 0.947 bits per heavy atom. The van der Waals surface area contributed by atoms with Crippen molar-refractivity contribution in [2.24, 2.45) is 0 Å². The lowest BCUT2D eigenvalue weighted by Crippen LogP contribution is -2.45. The van der Waals surface area contributed by atoms with Crippen LogP contribution >= 0.6 is 0 Å². The first kappa shape index (κ1) is 29.3. The number of methoxy groups -OCH3 is 1. The standard InChI is InChI=1S/C31H44N2O5/c1-5-36-30(32)24-14-16-26(17-15-24)37-20-10-7-11-21-38-27-18-19-28(29(22-27)35-4)31(34)33(23(2)3)25-12-8-6-9-13-25/h14-19,22-23,25,32H,5-13,20-21H2,1-4H3. The average Bonchev–Trinajstić information content (AvgIpc) is 2.93. The normalized spacial score (nSPS) is 13.7. The van der Waals surface area contributed by atoms with Crippen LogP contribution < -0.4 is 14.2 Å². The molecule has 0 aromatic heterocycles. The van der Waals surface area contributed by atoms with Gasteiger partial charge in [-0.2, -0.15) is 0 Å². The molecule has 0 spiro atoms. The summed E-state index contributed by atoms with van der Waals surface area (Å²) in [4.78, 5) is 15.5. The van der Waals surface area contributed by atoms with Crippen LogP contribution in [0.15, 0.2) is 42.5 Å². The summed E-state index contributed by atoms with van der Waals surface area (Å²) in [6.07, 6.45) is 8.58. The van der Waals surface area contributed by atoms with Crippen molar-refractivity contribution in [1.29, 1.82) is 5.41 Å². The van der Waals surface area contributed by atoms with E-state index >= 15 is 0 Å². The first-order chi connectivity index (χ1) is 18.4. The molecule has 2 aromatic carbocycles. The second kappa shape index (κ2) is 15.3. The topological polar surface area (TPSA) is 81.1 Å². The first-order valence-corrected chi connectivity index (χ1v) is 14.0. The van der Waals surface area contributed by atoms with Crippen LogP contribution in [0, 0.1) is 5.41 Å². The zero-order valence-electron chi connectivity index (χ0n) is 23.5. The van der Waals surface area contributed by atoms with E-state index in [1.807, 2.05) is 54.3 Å². The Morgan fingerprint density at radius 2 is 1.58 bits per heavy atom. The van der Waals surface area contributed by atoms with Gasteiger partial charge in [-0.05, 0) is 89.3 Å². The van der Waals surface area contributed by atoms with E-state index in [0.717, 1.165) is 43.4 Å². The summed E-state index contributed by atoms with van der Waals surface area (Å²) >= 11 is 0. The van der Waals surface area contributed by atoms with Crippen LogP contribution in [0.3, 0.4) is 0 Å². The summed E-state index contributed by atoms with van der Waals surface area (Å²) in [6.45, 7) is 7.75. The van der Waals surface area contributed by atoms with Gasteiger partial charge in [0.25, 0.3) is 5.91 Å². The maximum Gasteiger partial charge on any atom is 0.258 e. The number of nitrogens with zero attached hydrogens (tertiary/aromatic N) is 1. The van der Waals surface area contributed by atoms with Crippen molar-refractivity contribution in [2.75, 3.05) is 26.9 Å². The second-order valence-electron chi connectivity index (χ2n) is 10.0. The van der Waals surface area contributed by atoms with Gasteiger partial charge in [0.05, 0.1) is 32.5 Å². The van der Waals surface area contributed by atoms with E-state index in [2.05, 4.69) is 13.8 Å². The average molecular weight is 525 g/mol. The first-order valence-electron chi connectivity index (χ1n) is 14.0. The fourth-order valence-corrected chi connectivity index (χ4v) is 4.95. The lowest BCUT2D eigenvalue weighted by atomic mass is 9.92. The van der Waals surface area contributed by atoms with Crippen molar-refractivity contribution < 1.29 is 23.7 Å². The molecule has 1 aliphatic rings. The Morgan fingerprint density at radius 3 is 2.18 bits per heavy atom. The molecule has 1 N–H and O–H groups in total. The van der Waals surface area contributed by atoms with Gasteiger partial charge in [-0.3, -0.25) is 10.2 Å². The molecule has 1 amide bonds. The van der Waals surface area contributed by atoms with E-state index in [-0.39, 0.29) is 17.8 Å². The number of amides is 1. The van der Waals surface area contributed by atoms with Crippen LogP contribution in [0.5, 0.6) is 17.2 Å². The molecule has 0 aliphatic heterocycles.